The molecule has 1 aromatic carbocycles. The first-order valence-corrected chi connectivity index (χ1v) is 7.81. The lowest BCUT2D eigenvalue weighted by Crippen LogP contribution is -2.28. The Hall–Kier alpha value is -1.92. The van der Waals surface area contributed by atoms with Crippen LogP contribution in [0.1, 0.15) is 20.8 Å². The van der Waals surface area contributed by atoms with Crippen molar-refractivity contribution in [1.82, 2.24) is 10.4 Å². The van der Waals surface area contributed by atoms with Crippen LogP contribution in [0.25, 0.3) is 10.2 Å². The number of hydrazine groups is 1. The summed E-state index contributed by atoms with van der Waals surface area (Å²) in [5.74, 6) is -0.146. The SMILES string of the molecule is Cc1cc(C)c2nc(NNC(=O)c3cccs3)sc2c1. The Morgan fingerprint density at radius 2 is 2.15 bits per heavy atom. The summed E-state index contributed by atoms with van der Waals surface area (Å²) >= 11 is 2.94. The monoisotopic (exact) mass is 303 g/mol. The number of amides is 1. The number of nitrogens with zero attached hydrogens (tertiary/aromatic N) is 1. The van der Waals surface area contributed by atoms with Crippen molar-refractivity contribution in [3.05, 3.63) is 45.6 Å². The minimum atomic E-state index is -0.146. The molecule has 0 unspecified atom stereocenters. The Morgan fingerprint density at radius 1 is 1.30 bits per heavy atom. The number of thiophene rings is 1. The number of aromatic nitrogens is 1. The van der Waals surface area contributed by atoms with Gasteiger partial charge in [-0.25, -0.2) is 4.98 Å². The minimum absolute atomic E-state index is 0.146. The molecule has 0 aliphatic rings. The van der Waals surface area contributed by atoms with E-state index < -0.39 is 0 Å². The van der Waals surface area contributed by atoms with Crippen LogP contribution >= 0.6 is 22.7 Å². The van der Waals surface area contributed by atoms with Crippen molar-refractivity contribution in [1.29, 1.82) is 0 Å². The second-order valence-electron chi connectivity index (χ2n) is 4.50. The number of anilines is 1. The highest BCUT2D eigenvalue weighted by molar-refractivity contribution is 7.22. The summed E-state index contributed by atoms with van der Waals surface area (Å²) in [5, 5.41) is 2.57. The largest absolute Gasteiger partial charge is 0.279 e. The van der Waals surface area contributed by atoms with Crippen molar-refractivity contribution >= 4 is 43.9 Å². The number of fused-ring (bicyclic) bond motifs is 1. The molecule has 0 radical (unpaired) electrons. The van der Waals surface area contributed by atoms with Crippen LogP contribution < -0.4 is 10.9 Å². The van der Waals surface area contributed by atoms with E-state index in [-0.39, 0.29) is 5.91 Å². The zero-order chi connectivity index (χ0) is 14.1. The first-order chi connectivity index (χ1) is 9.63. The summed E-state index contributed by atoms with van der Waals surface area (Å²) in [6, 6.07) is 7.85. The van der Waals surface area contributed by atoms with Crippen LogP contribution in [0.5, 0.6) is 0 Å². The number of carbonyl (C=O) groups is 1. The highest BCUT2D eigenvalue weighted by Crippen LogP contribution is 2.28. The third-order valence-corrected chi connectivity index (χ3v) is 4.64. The van der Waals surface area contributed by atoms with Crippen LogP contribution in [0.3, 0.4) is 0 Å². The number of nitrogens with one attached hydrogen (secondary N) is 2. The lowest BCUT2D eigenvalue weighted by molar-refractivity contribution is 0.0966. The summed E-state index contributed by atoms with van der Waals surface area (Å²) in [5.41, 5.74) is 8.89. The maximum Gasteiger partial charge on any atom is 0.279 e. The van der Waals surface area contributed by atoms with E-state index in [2.05, 4.69) is 34.9 Å². The van der Waals surface area contributed by atoms with Gasteiger partial charge < -0.3 is 0 Å². The smallest absolute Gasteiger partial charge is 0.273 e. The summed E-state index contributed by atoms with van der Waals surface area (Å²) in [4.78, 5) is 17.0. The third-order valence-electron chi connectivity index (χ3n) is 2.86. The highest BCUT2D eigenvalue weighted by Gasteiger charge is 2.09. The first-order valence-electron chi connectivity index (χ1n) is 6.11. The molecule has 0 saturated heterocycles. The molecule has 0 aliphatic heterocycles. The number of hydrogen-bond donors (Lipinski definition) is 2. The van der Waals surface area contributed by atoms with Gasteiger partial charge in [-0.15, -0.1) is 11.3 Å². The first kappa shape index (κ1) is 13.1. The van der Waals surface area contributed by atoms with Crippen LogP contribution in [-0.2, 0) is 0 Å². The van der Waals surface area contributed by atoms with Crippen molar-refractivity contribution in [2.24, 2.45) is 0 Å². The van der Waals surface area contributed by atoms with E-state index in [1.807, 2.05) is 18.4 Å². The molecule has 0 saturated carbocycles. The number of benzene rings is 1. The second kappa shape index (κ2) is 5.22. The lowest BCUT2D eigenvalue weighted by Gasteiger charge is -2.02. The maximum absolute atomic E-state index is 11.8. The van der Waals surface area contributed by atoms with Crippen LogP contribution in [-0.4, -0.2) is 10.9 Å². The molecule has 3 rings (SSSR count). The van der Waals surface area contributed by atoms with E-state index in [0.717, 1.165) is 15.8 Å². The highest BCUT2D eigenvalue weighted by atomic mass is 32.1. The second-order valence-corrected chi connectivity index (χ2v) is 6.48. The van der Waals surface area contributed by atoms with Gasteiger partial charge in [-0.05, 0) is 42.5 Å². The molecule has 2 N–H and O–H groups in total. The molecule has 2 heterocycles. The zero-order valence-corrected chi connectivity index (χ0v) is 12.7. The Labute approximate surface area is 124 Å². The quantitative estimate of drug-likeness (QED) is 0.725. The van der Waals surface area contributed by atoms with Crippen molar-refractivity contribution < 1.29 is 4.79 Å². The molecule has 3 aromatic rings. The average Bonchev–Trinajstić information content (AvgIpc) is 3.04. The van der Waals surface area contributed by atoms with Crippen molar-refractivity contribution in [2.75, 3.05) is 5.43 Å². The van der Waals surface area contributed by atoms with E-state index in [1.165, 1.54) is 28.2 Å². The Kier molecular flexibility index (Phi) is 3.42. The van der Waals surface area contributed by atoms with Crippen molar-refractivity contribution in [3.8, 4) is 0 Å². The van der Waals surface area contributed by atoms with E-state index in [9.17, 15) is 4.79 Å². The Balaban J connectivity index is 1.78. The van der Waals surface area contributed by atoms with Gasteiger partial charge in [0.2, 0.25) is 5.13 Å². The van der Waals surface area contributed by atoms with Crippen LogP contribution in [0.4, 0.5) is 5.13 Å². The average molecular weight is 303 g/mol. The molecule has 0 fully saturated rings. The number of hydrogen-bond acceptors (Lipinski definition) is 5. The van der Waals surface area contributed by atoms with Gasteiger partial charge in [0, 0.05) is 0 Å². The fourth-order valence-electron chi connectivity index (χ4n) is 2.00. The van der Waals surface area contributed by atoms with Crippen LogP contribution in [0.15, 0.2) is 29.6 Å². The Morgan fingerprint density at radius 3 is 2.90 bits per heavy atom. The van der Waals surface area contributed by atoms with Crippen molar-refractivity contribution in [2.45, 2.75) is 13.8 Å². The molecular weight excluding hydrogens is 290 g/mol. The van der Waals surface area contributed by atoms with Gasteiger partial charge in [0.1, 0.15) is 0 Å². The van der Waals surface area contributed by atoms with Crippen LogP contribution in [0.2, 0.25) is 0 Å². The maximum atomic E-state index is 11.8. The summed E-state index contributed by atoms with van der Waals surface area (Å²) in [7, 11) is 0. The predicted molar refractivity (Wildman–Crippen MR) is 84.5 cm³/mol. The van der Waals surface area contributed by atoms with Gasteiger partial charge in [0.05, 0.1) is 15.1 Å². The zero-order valence-electron chi connectivity index (χ0n) is 11.1. The number of carbonyl (C=O) groups excluding carboxylic acids is 1. The normalized spacial score (nSPS) is 10.7. The number of thiazole rings is 1. The molecular formula is C14H13N3OS2. The van der Waals surface area contributed by atoms with E-state index in [4.69, 9.17) is 0 Å². The van der Waals surface area contributed by atoms with Gasteiger partial charge in [0.15, 0.2) is 0 Å². The summed E-state index contributed by atoms with van der Waals surface area (Å²) < 4.78 is 1.12. The van der Waals surface area contributed by atoms with E-state index >= 15 is 0 Å². The summed E-state index contributed by atoms with van der Waals surface area (Å²) in [6.45, 7) is 4.11. The standard InChI is InChI=1S/C14H13N3OS2/c1-8-6-9(2)12-11(7-8)20-14(15-12)17-16-13(18)10-4-3-5-19-10/h3-7H,1-2H3,(H,15,17)(H,16,18). The molecule has 0 bridgehead atoms. The molecule has 1 amide bonds. The fraction of sp³-hybridized carbons (Fsp3) is 0.143. The van der Waals surface area contributed by atoms with Crippen molar-refractivity contribution in [3.63, 3.8) is 0 Å². The van der Waals surface area contributed by atoms with Gasteiger partial charge in [0.25, 0.3) is 5.91 Å². The lowest BCUT2D eigenvalue weighted by atomic mass is 10.1. The number of aryl methyl sites for hydroxylation is 2. The molecule has 0 atom stereocenters. The van der Waals surface area contributed by atoms with Gasteiger partial charge in [-0.3, -0.25) is 15.6 Å². The topological polar surface area (TPSA) is 54.0 Å². The minimum Gasteiger partial charge on any atom is -0.273 e. The predicted octanol–water partition coefficient (Wildman–Crippen LogP) is 3.73. The molecule has 102 valence electrons. The summed E-state index contributed by atoms with van der Waals surface area (Å²) in [6.07, 6.45) is 0. The number of rotatable bonds is 3. The molecule has 6 heteroatoms. The molecule has 2 aromatic heterocycles. The van der Waals surface area contributed by atoms with E-state index in [0.29, 0.717) is 10.0 Å². The fourth-order valence-corrected chi connectivity index (χ4v) is 3.62. The van der Waals surface area contributed by atoms with Gasteiger partial charge in [-0.1, -0.05) is 23.5 Å². The van der Waals surface area contributed by atoms with Gasteiger partial charge in [-0.2, -0.15) is 0 Å². The molecule has 0 spiro atoms. The molecule has 4 nitrogen and oxygen atoms in total. The van der Waals surface area contributed by atoms with Gasteiger partial charge >= 0.3 is 0 Å². The van der Waals surface area contributed by atoms with Crippen LogP contribution in [0, 0.1) is 13.8 Å². The molecule has 0 aliphatic carbocycles. The molecule has 20 heavy (non-hydrogen) atoms. The Bertz CT molecular complexity index is 762. The third kappa shape index (κ3) is 2.52. The van der Waals surface area contributed by atoms with E-state index in [1.54, 1.807) is 6.07 Å².